The van der Waals surface area contributed by atoms with Gasteiger partial charge in [0.2, 0.25) is 0 Å². The second-order valence-corrected chi connectivity index (χ2v) is 3.42. The van der Waals surface area contributed by atoms with E-state index in [1.807, 2.05) is 6.07 Å². The van der Waals surface area contributed by atoms with Gasteiger partial charge in [-0.2, -0.15) is 0 Å². The molecule has 0 unspecified atom stereocenters. The van der Waals surface area contributed by atoms with Crippen molar-refractivity contribution in [3.63, 3.8) is 0 Å². The van der Waals surface area contributed by atoms with E-state index >= 15 is 0 Å². The lowest BCUT2D eigenvalue weighted by Gasteiger charge is -1.93. The molecule has 0 aliphatic rings. The van der Waals surface area contributed by atoms with Gasteiger partial charge in [0.05, 0.1) is 12.5 Å². The molecule has 0 amide bonds. The molecule has 0 saturated carbocycles. The summed E-state index contributed by atoms with van der Waals surface area (Å²) in [5.41, 5.74) is 2.66. The Morgan fingerprint density at radius 3 is 3.08 bits per heavy atom. The van der Waals surface area contributed by atoms with Crippen molar-refractivity contribution in [2.45, 2.75) is 19.8 Å². The number of furan rings is 1. The standard InChI is InChI=1S/C10H13BrO/c1-9(7-11)3-2-4-10-5-6-12-8-10/h3,5-6,8H,2,4,7H2,1H3/b9-3+. The highest BCUT2D eigenvalue weighted by Gasteiger charge is 1.92. The normalized spacial score (nSPS) is 12.0. The van der Waals surface area contributed by atoms with Crippen molar-refractivity contribution in [3.8, 4) is 0 Å². The lowest BCUT2D eigenvalue weighted by atomic mass is 10.1. The highest BCUT2D eigenvalue weighted by molar-refractivity contribution is 9.09. The number of aryl methyl sites for hydroxylation is 1. The molecular weight excluding hydrogens is 216 g/mol. The number of halogens is 1. The number of hydrogen-bond donors (Lipinski definition) is 0. The smallest absolute Gasteiger partial charge is 0.0934 e. The minimum absolute atomic E-state index is 0.971. The Labute approximate surface area is 81.6 Å². The van der Waals surface area contributed by atoms with E-state index in [4.69, 9.17) is 4.42 Å². The summed E-state index contributed by atoms with van der Waals surface area (Å²) in [5, 5.41) is 0.971. The Balaban J connectivity index is 2.28. The fourth-order valence-electron chi connectivity index (χ4n) is 0.975. The van der Waals surface area contributed by atoms with Gasteiger partial charge in [0, 0.05) is 5.33 Å². The third-order valence-electron chi connectivity index (χ3n) is 1.72. The Morgan fingerprint density at radius 2 is 2.50 bits per heavy atom. The minimum atomic E-state index is 0.971. The maximum Gasteiger partial charge on any atom is 0.0934 e. The van der Waals surface area contributed by atoms with E-state index in [1.165, 1.54) is 11.1 Å². The Hall–Kier alpha value is -0.500. The van der Waals surface area contributed by atoms with Crippen LogP contribution in [0.1, 0.15) is 18.9 Å². The number of rotatable bonds is 4. The quantitative estimate of drug-likeness (QED) is 0.568. The zero-order valence-electron chi connectivity index (χ0n) is 7.22. The summed E-state index contributed by atoms with van der Waals surface area (Å²) >= 11 is 3.41. The highest BCUT2D eigenvalue weighted by Crippen LogP contribution is 2.06. The third-order valence-corrected chi connectivity index (χ3v) is 2.60. The van der Waals surface area contributed by atoms with E-state index in [2.05, 4.69) is 28.9 Å². The molecule has 0 spiro atoms. The first-order valence-corrected chi connectivity index (χ1v) is 5.17. The van der Waals surface area contributed by atoms with Gasteiger partial charge in [0.1, 0.15) is 0 Å². The van der Waals surface area contributed by atoms with E-state index < -0.39 is 0 Å². The summed E-state index contributed by atoms with van der Waals surface area (Å²) in [6, 6.07) is 2.01. The summed E-state index contributed by atoms with van der Waals surface area (Å²) in [7, 11) is 0. The largest absolute Gasteiger partial charge is 0.472 e. The van der Waals surface area contributed by atoms with Crippen molar-refractivity contribution in [2.75, 3.05) is 5.33 Å². The molecule has 12 heavy (non-hydrogen) atoms. The van der Waals surface area contributed by atoms with Crippen LogP contribution in [0, 0.1) is 0 Å². The van der Waals surface area contributed by atoms with E-state index in [0.29, 0.717) is 0 Å². The van der Waals surface area contributed by atoms with Crippen LogP contribution in [-0.4, -0.2) is 5.33 Å². The molecule has 0 bridgehead atoms. The van der Waals surface area contributed by atoms with Crippen molar-refractivity contribution < 1.29 is 4.42 Å². The van der Waals surface area contributed by atoms with Gasteiger partial charge in [-0.3, -0.25) is 0 Å². The summed E-state index contributed by atoms with van der Waals surface area (Å²) in [5.74, 6) is 0. The van der Waals surface area contributed by atoms with Crippen LogP contribution >= 0.6 is 15.9 Å². The average molecular weight is 229 g/mol. The van der Waals surface area contributed by atoms with Crippen molar-refractivity contribution in [1.29, 1.82) is 0 Å². The molecule has 2 heteroatoms. The second kappa shape index (κ2) is 5.20. The number of alkyl halides is 1. The third kappa shape index (κ3) is 3.26. The van der Waals surface area contributed by atoms with E-state index in [1.54, 1.807) is 12.5 Å². The summed E-state index contributed by atoms with van der Waals surface area (Å²) in [6.07, 6.45) is 7.94. The number of allylic oxidation sites excluding steroid dienone is 2. The maximum absolute atomic E-state index is 4.97. The zero-order chi connectivity index (χ0) is 8.81. The van der Waals surface area contributed by atoms with Crippen molar-refractivity contribution in [3.05, 3.63) is 35.8 Å². The maximum atomic E-state index is 4.97. The van der Waals surface area contributed by atoms with E-state index in [-0.39, 0.29) is 0 Å². The molecule has 0 aromatic carbocycles. The molecule has 1 nitrogen and oxygen atoms in total. The molecule has 0 fully saturated rings. The first kappa shape index (κ1) is 9.59. The molecule has 1 rings (SSSR count). The molecule has 0 N–H and O–H groups in total. The molecule has 1 aromatic rings. The lowest BCUT2D eigenvalue weighted by molar-refractivity contribution is 0.564. The van der Waals surface area contributed by atoms with Gasteiger partial charge in [0.25, 0.3) is 0 Å². The molecule has 0 aliphatic heterocycles. The Bertz CT molecular complexity index is 236. The Kier molecular flexibility index (Phi) is 4.15. The molecule has 0 radical (unpaired) electrons. The molecule has 0 atom stereocenters. The molecule has 0 aliphatic carbocycles. The lowest BCUT2D eigenvalue weighted by Crippen LogP contribution is -1.81. The van der Waals surface area contributed by atoms with E-state index in [9.17, 15) is 0 Å². The van der Waals surface area contributed by atoms with Gasteiger partial charge in [-0.25, -0.2) is 0 Å². The fraction of sp³-hybridized carbons (Fsp3) is 0.400. The topological polar surface area (TPSA) is 13.1 Å². The summed E-state index contributed by atoms with van der Waals surface area (Å²) < 4.78 is 4.97. The van der Waals surface area contributed by atoms with Crippen LogP contribution in [0.5, 0.6) is 0 Å². The predicted octanol–water partition coefficient (Wildman–Crippen LogP) is 3.55. The molecule has 1 aromatic heterocycles. The van der Waals surface area contributed by atoms with E-state index in [0.717, 1.165) is 18.2 Å². The molecule has 66 valence electrons. The molecular formula is C10H13BrO. The van der Waals surface area contributed by atoms with Crippen molar-refractivity contribution >= 4 is 15.9 Å². The van der Waals surface area contributed by atoms with Gasteiger partial charge in [0.15, 0.2) is 0 Å². The molecule has 1 heterocycles. The minimum Gasteiger partial charge on any atom is -0.472 e. The fourth-order valence-corrected chi connectivity index (χ4v) is 1.20. The first-order valence-electron chi connectivity index (χ1n) is 4.05. The van der Waals surface area contributed by atoms with Crippen LogP contribution in [0.15, 0.2) is 34.7 Å². The summed E-state index contributed by atoms with van der Waals surface area (Å²) in [6.45, 7) is 2.13. The predicted molar refractivity (Wildman–Crippen MR) is 54.6 cm³/mol. The number of hydrogen-bond acceptors (Lipinski definition) is 1. The monoisotopic (exact) mass is 228 g/mol. The van der Waals surface area contributed by atoms with Crippen molar-refractivity contribution in [2.24, 2.45) is 0 Å². The van der Waals surface area contributed by atoms with Crippen LogP contribution in [0.25, 0.3) is 0 Å². The average Bonchev–Trinajstić information content (AvgIpc) is 2.57. The Morgan fingerprint density at radius 1 is 1.67 bits per heavy atom. The van der Waals surface area contributed by atoms with Gasteiger partial charge in [-0.15, -0.1) is 0 Å². The van der Waals surface area contributed by atoms with Crippen LogP contribution in [0.2, 0.25) is 0 Å². The zero-order valence-corrected chi connectivity index (χ0v) is 8.80. The van der Waals surface area contributed by atoms with Gasteiger partial charge < -0.3 is 4.42 Å². The first-order chi connectivity index (χ1) is 5.83. The van der Waals surface area contributed by atoms with Gasteiger partial charge >= 0.3 is 0 Å². The highest BCUT2D eigenvalue weighted by atomic mass is 79.9. The van der Waals surface area contributed by atoms with Crippen molar-refractivity contribution in [1.82, 2.24) is 0 Å². The van der Waals surface area contributed by atoms with Gasteiger partial charge in [-0.05, 0) is 31.4 Å². The SMILES string of the molecule is C/C(=C\CCc1ccoc1)CBr. The van der Waals surface area contributed by atoms with Crippen LogP contribution < -0.4 is 0 Å². The van der Waals surface area contributed by atoms with Gasteiger partial charge in [-0.1, -0.05) is 27.6 Å². The second-order valence-electron chi connectivity index (χ2n) is 2.85. The summed E-state index contributed by atoms with van der Waals surface area (Å²) in [4.78, 5) is 0. The van der Waals surface area contributed by atoms with Crippen LogP contribution in [-0.2, 0) is 6.42 Å². The van der Waals surface area contributed by atoms with Crippen LogP contribution in [0.4, 0.5) is 0 Å². The van der Waals surface area contributed by atoms with Crippen LogP contribution in [0.3, 0.4) is 0 Å². The molecule has 0 saturated heterocycles.